The molecule has 2 aromatic heterocycles. The number of halogens is 1. The van der Waals surface area contributed by atoms with E-state index >= 15 is 0 Å². The molecule has 1 fully saturated rings. The number of nitrogens with two attached hydrogens (primary N) is 1. The highest BCUT2D eigenvalue weighted by Crippen LogP contribution is 2.37. The fraction of sp³-hybridized carbons (Fsp3) is 0.192. The number of aromatic amines is 1. The molecule has 2 aromatic carbocycles. The van der Waals surface area contributed by atoms with Gasteiger partial charge in [-0.3, -0.25) is 9.59 Å². The molecule has 5 rings (SSSR count). The van der Waals surface area contributed by atoms with E-state index in [1.165, 1.54) is 0 Å². The van der Waals surface area contributed by atoms with E-state index in [0.29, 0.717) is 46.9 Å². The zero-order chi connectivity index (χ0) is 24.5. The van der Waals surface area contributed by atoms with Crippen molar-refractivity contribution >= 4 is 34.2 Å². The van der Waals surface area contributed by atoms with Crippen molar-refractivity contribution in [2.24, 2.45) is 0 Å². The van der Waals surface area contributed by atoms with Gasteiger partial charge in [0.25, 0.3) is 11.5 Å². The third kappa shape index (κ3) is 4.22. The van der Waals surface area contributed by atoms with Crippen molar-refractivity contribution in [3.8, 4) is 34.5 Å². The number of likely N-dealkylation sites (tertiary alicyclic amines) is 1. The van der Waals surface area contributed by atoms with Crippen LogP contribution in [0.2, 0.25) is 5.02 Å². The van der Waals surface area contributed by atoms with Crippen molar-refractivity contribution in [1.29, 1.82) is 0 Å². The van der Waals surface area contributed by atoms with E-state index < -0.39 is 0 Å². The van der Waals surface area contributed by atoms with E-state index in [-0.39, 0.29) is 23.3 Å². The molecule has 0 bridgehead atoms. The minimum absolute atomic E-state index is 0.0837. The lowest BCUT2D eigenvalue weighted by atomic mass is 10.1. The monoisotopic (exact) mass is 487 g/mol. The number of ether oxygens (including phenoxy) is 1. The number of nitrogens with one attached hydrogen (secondary N) is 1. The number of nitrogen functional groups attached to an aromatic ring is 1. The van der Waals surface area contributed by atoms with Crippen LogP contribution in [-0.4, -0.2) is 38.7 Å². The van der Waals surface area contributed by atoms with Gasteiger partial charge in [0, 0.05) is 24.8 Å². The Labute approximate surface area is 206 Å². The molecule has 1 unspecified atom stereocenters. The quantitative estimate of drug-likeness (QED) is 0.419. The normalized spacial score (nSPS) is 15.1. The van der Waals surface area contributed by atoms with Crippen LogP contribution in [0.15, 0.2) is 59.5 Å². The van der Waals surface area contributed by atoms with Gasteiger partial charge in [0.05, 0.1) is 16.5 Å². The predicted molar refractivity (Wildman–Crippen MR) is 135 cm³/mol. The molecule has 4 aromatic rings. The van der Waals surface area contributed by atoms with Crippen molar-refractivity contribution in [2.75, 3.05) is 18.8 Å². The Kier molecular flexibility index (Phi) is 5.93. The molecule has 1 amide bonds. The van der Waals surface area contributed by atoms with Crippen LogP contribution in [0.4, 0.5) is 5.82 Å². The van der Waals surface area contributed by atoms with Crippen molar-refractivity contribution < 1.29 is 9.53 Å². The van der Waals surface area contributed by atoms with Crippen LogP contribution >= 0.6 is 11.6 Å². The topological polar surface area (TPSA) is 106 Å². The molecule has 1 saturated heterocycles. The van der Waals surface area contributed by atoms with Gasteiger partial charge in [-0.25, -0.2) is 5.10 Å². The van der Waals surface area contributed by atoms with E-state index in [0.717, 1.165) is 11.1 Å². The average Bonchev–Trinajstić information content (AvgIpc) is 3.50. The molecule has 0 radical (unpaired) electrons. The van der Waals surface area contributed by atoms with Crippen LogP contribution in [0.5, 0.6) is 11.5 Å². The molecule has 0 spiro atoms. The lowest BCUT2D eigenvalue weighted by Gasteiger charge is -2.15. The maximum absolute atomic E-state index is 12.8. The molecule has 0 saturated carbocycles. The van der Waals surface area contributed by atoms with E-state index in [9.17, 15) is 9.59 Å². The average molecular weight is 488 g/mol. The summed E-state index contributed by atoms with van der Waals surface area (Å²) in [5.74, 6) is 6.43. The van der Waals surface area contributed by atoms with Gasteiger partial charge in [-0.05, 0) is 49.1 Å². The number of amides is 1. The third-order valence-corrected chi connectivity index (χ3v) is 6.40. The number of fused-ring (bicyclic) bond motifs is 1. The molecule has 3 heterocycles. The van der Waals surface area contributed by atoms with Gasteiger partial charge in [-0.2, -0.15) is 5.10 Å². The molecule has 1 atom stereocenters. The first-order chi connectivity index (χ1) is 17.0. The Morgan fingerprint density at radius 3 is 2.74 bits per heavy atom. The number of nitrogens with zero attached hydrogens (tertiary/aromatic N) is 3. The molecule has 1 aliphatic rings. The number of aromatic nitrogens is 3. The smallest absolute Gasteiger partial charge is 0.298 e. The van der Waals surface area contributed by atoms with Crippen LogP contribution in [0.1, 0.15) is 19.4 Å². The summed E-state index contributed by atoms with van der Waals surface area (Å²) >= 11 is 6.20. The van der Waals surface area contributed by atoms with Crippen LogP contribution < -0.4 is 16.0 Å². The van der Waals surface area contributed by atoms with E-state index in [4.69, 9.17) is 22.1 Å². The maximum Gasteiger partial charge on any atom is 0.298 e. The highest BCUT2D eigenvalue weighted by molar-refractivity contribution is 6.32. The van der Waals surface area contributed by atoms with Crippen molar-refractivity contribution in [1.82, 2.24) is 19.7 Å². The summed E-state index contributed by atoms with van der Waals surface area (Å²) in [5, 5.41) is 7.56. The summed E-state index contributed by atoms with van der Waals surface area (Å²) in [6.45, 7) is 2.67. The van der Waals surface area contributed by atoms with Gasteiger partial charge < -0.3 is 19.9 Å². The summed E-state index contributed by atoms with van der Waals surface area (Å²) in [6, 6.07) is 14.6. The molecule has 9 heteroatoms. The number of anilines is 1. The fourth-order valence-electron chi connectivity index (χ4n) is 4.44. The van der Waals surface area contributed by atoms with E-state index in [1.54, 1.807) is 24.0 Å². The van der Waals surface area contributed by atoms with Gasteiger partial charge in [0.2, 0.25) is 0 Å². The van der Waals surface area contributed by atoms with Crippen LogP contribution in [0, 0.1) is 11.8 Å². The third-order valence-electron chi connectivity index (χ3n) is 6.09. The van der Waals surface area contributed by atoms with Crippen molar-refractivity contribution in [2.45, 2.75) is 19.4 Å². The summed E-state index contributed by atoms with van der Waals surface area (Å²) in [4.78, 5) is 26.8. The standard InChI is InChI=1S/C26H22ClN5O3/c1-2-5-22(33)31-13-12-17(14-31)32-15-19(23-24(32)26(34)30-29-25(23)28)16-8-10-18(11-9-16)35-21-7-4-3-6-20(21)27/h3-4,6-11,15,17H,12-14H2,1H3,(H2,28,29)(H,30,34). The van der Waals surface area contributed by atoms with Gasteiger partial charge >= 0.3 is 0 Å². The molecular formula is C26H22ClN5O3. The van der Waals surface area contributed by atoms with Crippen LogP contribution in [0.25, 0.3) is 22.0 Å². The largest absolute Gasteiger partial charge is 0.456 e. The summed E-state index contributed by atoms with van der Waals surface area (Å²) in [5.41, 5.74) is 7.95. The maximum atomic E-state index is 12.8. The van der Waals surface area contributed by atoms with Gasteiger partial charge in [0.15, 0.2) is 5.82 Å². The second kappa shape index (κ2) is 9.20. The van der Waals surface area contributed by atoms with E-state index in [2.05, 4.69) is 22.0 Å². The highest BCUT2D eigenvalue weighted by Gasteiger charge is 2.29. The minimum Gasteiger partial charge on any atom is -0.456 e. The Balaban J connectivity index is 1.52. The first-order valence-electron chi connectivity index (χ1n) is 11.1. The first kappa shape index (κ1) is 22.6. The number of carbonyl (C=O) groups is 1. The second-order valence-corrected chi connectivity index (χ2v) is 8.64. The number of hydrogen-bond acceptors (Lipinski definition) is 5. The fourth-order valence-corrected chi connectivity index (χ4v) is 4.61. The highest BCUT2D eigenvalue weighted by atomic mass is 35.5. The number of benzene rings is 2. The minimum atomic E-state index is -0.336. The number of carbonyl (C=O) groups excluding carboxylic acids is 1. The zero-order valence-corrected chi connectivity index (χ0v) is 19.7. The van der Waals surface area contributed by atoms with Crippen LogP contribution in [0.3, 0.4) is 0 Å². The summed E-state index contributed by atoms with van der Waals surface area (Å²) in [7, 11) is 0. The Morgan fingerprint density at radius 2 is 2.00 bits per heavy atom. The molecule has 8 nitrogen and oxygen atoms in total. The molecule has 3 N–H and O–H groups in total. The molecule has 35 heavy (non-hydrogen) atoms. The van der Waals surface area contributed by atoms with Crippen molar-refractivity contribution in [3.63, 3.8) is 0 Å². The Bertz CT molecular complexity index is 1550. The van der Waals surface area contributed by atoms with Gasteiger partial charge in [-0.1, -0.05) is 41.8 Å². The number of para-hydroxylation sites is 1. The van der Waals surface area contributed by atoms with Crippen molar-refractivity contribution in [3.05, 3.63) is 70.1 Å². The van der Waals surface area contributed by atoms with Crippen LogP contribution in [-0.2, 0) is 4.79 Å². The number of H-pyrrole nitrogens is 1. The number of hydrogen-bond donors (Lipinski definition) is 2. The van der Waals surface area contributed by atoms with Gasteiger partial charge in [-0.15, -0.1) is 0 Å². The first-order valence-corrected chi connectivity index (χ1v) is 11.5. The lowest BCUT2D eigenvalue weighted by Crippen LogP contribution is -2.28. The van der Waals surface area contributed by atoms with E-state index in [1.807, 2.05) is 47.2 Å². The Morgan fingerprint density at radius 1 is 1.23 bits per heavy atom. The summed E-state index contributed by atoms with van der Waals surface area (Å²) in [6.07, 6.45) is 2.61. The Hall–Kier alpha value is -4.22. The molecule has 176 valence electrons. The lowest BCUT2D eigenvalue weighted by molar-refractivity contribution is -0.124. The molecular weight excluding hydrogens is 466 g/mol. The zero-order valence-electron chi connectivity index (χ0n) is 18.9. The van der Waals surface area contributed by atoms with Gasteiger partial charge in [0.1, 0.15) is 17.0 Å². The molecule has 1 aliphatic heterocycles. The molecule has 0 aliphatic carbocycles. The predicted octanol–water partition coefficient (Wildman–Crippen LogP) is 4.22. The second-order valence-electron chi connectivity index (χ2n) is 8.24. The number of rotatable bonds is 4. The SMILES string of the molecule is CC#CC(=O)N1CCC(n2cc(-c3ccc(Oc4ccccc4Cl)cc3)c3c(N)n[nH]c(=O)c32)C1. The summed E-state index contributed by atoms with van der Waals surface area (Å²) < 4.78 is 7.80.